The molecule has 6 atom stereocenters. The van der Waals surface area contributed by atoms with Crippen molar-refractivity contribution in [2.45, 2.75) is 288 Å². The summed E-state index contributed by atoms with van der Waals surface area (Å²) in [4.78, 5) is 12.9. The Labute approximate surface area is 424 Å². The molecule has 0 radical (unpaired) electrons. The van der Waals surface area contributed by atoms with Crippen molar-refractivity contribution >= 4 is 5.97 Å². The molecule has 0 amide bonds. The topological polar surface area (TPSA) is 135 Å². The summed E-state index contributed by atoms with van der Waals surface area (Å²) < 4.78 is 23.0. The maximum atomic E-state index is 12.9. The number of hydrogen-bond donors (Lipinski definition) is 4. The third-order valence-electron chi connectivity index (χ3n) is 13.2. The standard InChI is InChI=1S/C60H108O9/c1-3-5-7-9-11-13-15-17-19-21-23-25-26-27-28-30-32-34-36-38-40-42-44-46-48-50-66-52-54(53-67-60-59(65)58(64)57(63)55(51-61)69-60)68-56(62)49-47-45-43-41-39-37-35-33-31-29-24-22-20-18-16-14-12-10-8-6-4-2/h6,8,12,14,18,20,24,29,33,35,54-55,57-61,63-65H,3-5,7,9-11,13,15-17,19,21-23,25-28,30-32,34,36-53H2,1-2H3/b8-6-,14-12-,20-18-,29-24-,35-33-. The van der Waals surface area contributed by atoms with E-state index in [4.69, 9.17) is 18.9 Å². The second-order valence-corrected chi connectivity index (χ2v) is 19.7. The number of rotatable bonds is 50. The van der Waals surface area contributed by atoms with Gasteiger partial charge < -0.3 is 39.4 Å². The number of aliphatic hydroxyl groups excluding tert-OH is 4. The molecule has 1 rings (SSSR count). The Morgan fingerprint density at radius 2 is 0.884 bits per heavy atom. The Balaban J connectivity index is 2.16. The molecule has 0 aromatic heterocycles. The van der Waals surface area contributed by atoms with Gasteiger partial charge >= 0.3 is 5.97 Å². The van der Waals surface area contributed by atoms with Crippen LogP contribution in [0.1, 0.15) is 251 Å². The highest BCUT2D eigenvalue weighted by Gasteiger charge is 2.44. The minimum absolute atomic E-state index is 0.121. The van der Waals surface area contributed by atoms with Crippen LogP contribution < -0.4 is 0 Å². The Kier molecular flexibility index (Phi) is 47.8. The Morgan fingerprint density at radius 3 is 1.33 bits per heavy atom. The van der Waals surface area contributed by atoms with E-state index in [0.29, 0.717) is 13.0 Å². The Hall–Kier alpha value is -2.11. The van der Waals surface area contributed by atoms with Gasteiger partial charge in [0.15, 0.2) is 6.29 Å². The van der Waals surface area contributed by atoms with Crippen LogP contribution in [0.4, 0.5) is 0 Å². The van der Waals surface area contributed by atoms with Crippen LogP contribution in [0.25, 0.3) is 0 Å². The quantitative estimate of drug-likeness (QED) is 0.0267. The van der Waals surface area contributed by atoms with E-state index in [1.807, 2.05) is 0 Å². The van der Waals surface area contributed by atoms with E-state index in [1.165, 1.54) is 148 Å². The fraction of sp³-hybridized carbons (Fsp3) is 0.817. The van der Waals surface area contributed by atoms with E-state index in [9.17, 15) is 25.2 Å². The fourth-order valence-corrected chi connectivity index (χ4v) is 8.76. The van der Waals surface area contributed by atoms with Gasteiger partial charge in [-0.15, -0.1) is 0 Å². The molecule has 69 heavy (non-hydrogen) atoms. The molecule has 9 heteroatoms. The molecule has 0 saturated carbocycles. The van der Waals surface area contributed by atoms with Crippen molar-refractivity contribution in [2.24, 2.45) is 0 Å². The van der Waals surface area contributed by atoms with Gasteiger partial charge in [-0.05, 0) is 57.8 Å². The highest BCUT2D eigenvalue weighted by molar-refractivity contribution is 5.69. The van der Waals surface area contributed by atoms with E-state index < -0.39 is 43.4 Å². The monoisotopic (exact) mass is 973 g/mol. The molecule has 1 aliphatic rings. The summed E-state index contributed by atoms with van der Waals surface area (Å²) in [6.45, 7) is 4.46. The summed E-state index contributed by atoms with van der Waals surface area (Å²) in [5.74, 6) is -0.329. The molecule has 9 nitrogen and oxygen atoms in total. The average molecular weight is 974 g/mol. The van der Waals surface area contributed by atoms with Crippen LogP contribution in [0, 0.1) is 0 Å². The van der Waals surface area contributed by atoms with Crippen LogP contribution in [-0.2, 0) is 23.7 Å². The van der Waals surface area contributed by atoms with Gasteiger partial charge in [-0.25, -0.2) is 0 Å². The van der Waals surface area contributed by atoms with E-state index in [0.717, 1.165) is 83.5 Å². The van der Waals surface area contributed by atoms with Gasteiger partial charge in [0.1, 0.15) is 30.5 Å². The van der Waals surface area contributed by atoms with Crippen molar-refractivity contribution in [3.05, 3.63) is 60.8 Å². The molecule has 0 spiro atoms. The van der Waals surface area contributed by atoms with Gasteiger partial charge in [-0.2, -0.15) is 0 Å². The molecule has 0 bridgehead atoms. The predicted octanol–water partition coefficient (Wildman–Crippen LogP) is 15.0. The summed E-state index contributed by atoms with van der Waals surface area (Å²) in [6, 6.07) is 0. The third kappa shape index (κ3) is 41.1. The van der Waals surface area contributed by atoms with Gasteiger partial charge in [0, 0.05) is 13.0 Å². The van der Waals surface area contributed by atoms with Crippen LogP contribution in [-0.4, -0.2) is 89.6 Å². The number of carbonyl (C=O) groups excluding carboxylic acids is 1. The van der Waals surface area contributed by atoms with E-state index in [2.05, 4.69) is 74.6 Å². The molecule has 0 aromatic carbocycles. The van der Waals surface area contributed by atoms with Crippen molar-refractivity contribution in [1.29, 1.82) is 0 Å². The minimum atomic E-state index is -1.54. The lowest BCUT2D eigenvalue weighted by molar-refractivity contribution is -0.305. The van der Waals surface area contributed by atoms with Gasteiger partial charge in [0.05, 0.1) is 19.8 Å². The van der Waals surface area contributed by atoms with Crippen LogP contribution in [0.5, 0.6) is 0 Å². The maximum absolute atomic E-state index is 12.9. The van der Waals surface area contributed by atoms with E-state index in [-0.39, 0.29) is 19.2 Å². The lowest BCUT2D eigenvalue weighted by Gasteiger charge is -2.39. The van der Waals surface area contributed by atoms with Crippen molar-refractivity contribution in [1.82, 2.24) is 0 Å². The molecule has 6 unspecified atom stereocenters. The molecular formula is C60H108O9. The SMILES string of the molecule is CC/C=C\C/C=C\C/C=C\C/C=C\C/C=C\CCCCCCCC(=O)OC(COCCCCCCCCCCCCCCCCCCCCCCCCCCC)COC1OC(CO)C(O)C(O)C1O. The van der Waals surface area contributed by atoms with Crippen LogP contribution in [0.3, 0.4) is 0 Å². The number of carbonyl (C=O) groups is 1. The number of aliphatic hydroxyl groups is 4. The first-order chi connectivity index (χ1) is 33.9. The van der Waals surface area contributed by atoms with Crippen LogP contribution in [0.15, 0.2) is 60.8 Å². The molecule has 1 heterocycles. The molecule has 1 fully saturated rings. The Bertz CT molecular complexity index is 1240. The highest BCUT2D eigenvalue weighted by atomic mass is 16.7. The zero-order valence-electron chi connectivity index (χ0n) is 44.6. The molecule has 0 aromatic rings. The molecule has 1 aliphatic heterocycles. The summed E-state index contributed by atoms with van der Waals surface area (Å²) in [7, 11) is 0. The molecular weight excluding hydrogens is 865 g/mol. The third-order valence-corrected chi connectivity index (χ3v) is 13.2. The number of esters is 1. The molecule has 0 aliphatic carbocycles. The van der Waals surface area contributed by atoms with E-state index in [1.54, 1.807) is 0 Å². The zero-order valence-corrected chi connectivity index (χ0v) is 44.6. The summed E-state index contributed by atoms with van der Waals surface area (Å²) in [6.07, 6.45) is 59.9. The fourth-order valence-electron chi connectivity index (χ4n) is 8.76. The summed E-state index contributed by atoms with van der Waals surface area (Å²) in [5.41, 5.74) is 0. The molecule has 1 saturated heterocycles. The minimum Gasteiger partial charge on any atom is -0.457 e. The van der Waals surface area contributed by atoms with Crippen molar-refractivity contribution in [3.8, 4) is 0 Å². The normalized spacial score (nSPS) is 19.4. The number of allylic oxidation sites excluding steroid dienone is 10. The van der Waals surface area contributed by atoms with Gasteiger partial charge in [0.2, 0.25) is 0 Å². The van der Waals surface area contributed by atoms with Crippen molar-refractivity contribution < 1.29 is 44.2 Å². The summed E-state index contributed by atoms with van der Waals surface area (Å²) in [5, 5.41) is 40.3. The first-order valence-electron chi connectivity index (χ1n) is 28.9. The van der Waals surface area contributed by atoms with E-state index >= 15 is 0 Å². The smallest absolute Gasteiger partial charge is 0.306 e. The van der Waals surface area contributed by atoms with Gasteiger partial charge in [0.25, 0.3) is 0 Å². The molecule has 4 N–H and O–H groups in total. The van der Waals surface area contributed by atoms with Crippen molar-refractivity contribution in [2.75, 3.05) is 26.4 Å². The number of unbranched alkanes of at least 4 members (excludes halogenated alkanes) is 29. The van der Waals surface area contributed by atoms with Crippen molar-refractivity contribution in [3.63, 3.8) is 0 Å². The second-order valence-electron chi connectivity index (χ2n) is 19.7. The van der Waals surface area contributed by atoms with Crippen LogP contribution in [0.2, 0.25) is 0 Å². The number of hydrogen-bond acceptors (Lipinski definition) is 9. The first-order valence-corrected chi connectivity index (χ1v) is 28.9. The molecule has 402 valence electrons. The lowest BCUT2D eigenvalue weighted by Crippen LogP contribution is -2.59. The van der Waals surface area contributed by atoms with Crippen LogP contribution >= 0.6 is 0 Å². The van der Waals surface area contributed by atoms with Gasteiger partial charge in [-0.3, -0.25) is 4.79 Å². The maximum Gasteiger partial charge on any atom is 0.306 e. The predicted molar refractivity (Wildman–Crippen MR) is 288 cm³/mol. The second kappa shape index (κ2) is 50.8. The Morgan fingerprint density at radius 1 is 0.478 bits per heavy atom. The largest absolute Gasteiger partial charge is 0.457 e. The number of ether oxygens (including phenoxy) is 4. The highest BCUT2D eigenvalue weighted by Crippen LogP contribution is 2.23. The lowest BCUT2D eigenvalue weighted by atomic mass is 9.99. The summed E-state index contributed by atoms with van der Waals surface area (Å²) >= 11 is 0. The first kappa shape index (κ1) is 64.9. The van der Waals surface area contributed by atoms with Gasteiger partial charge in [-0.1, -0.05) is 248 Å². The average Bonchev–Trinajstić information content (AvgIpc) is 3.35. The zero-order chi connectivity index (χ0) is 49.9.